The third-order valence-corrected chi connectivity index (χ3v) is 3.01. The second kappa shape index (κ2) is 9.77. The Balaban J connectivity index is 2.63. The molecule has 0 saturated heterocycles. The summed E-state index contributed by atoms with van der Waals surface area (Å²) in [7, 11) is 0. The van der Waals surface area contributed by atoms with Crippen LogP contribution in [0.5, 0.6) is 0 Å². The number of benzene rings is 1. The molecule has 0 saturated carbocycles. The van der Waals surface area contributed by atoms with Gasteiger partial charge in [-0.25, -0.2) is 0 Å². The Hall–Kier alpha value is -2.10. The van der Waals surface area contributed by atoms with Crippen molar-refractivity contribution in [2.75, 3.05) is 19.7 Å². The highest BCUT2D eigenvalue weighted by Gasteiger charge is 2.14. The number of carbonyl (C=O) groups excluding carboxylic acids is 2. The van der Waals surface area contributed by atoms with Crippen LogP contribution in [-0.2, 0) is 14.3 Å². The van der Waals surface area contributed by atoms with Gasteiger partial charge in [-0.15, -0.1) is 0 Å². The second-order valence-corrected chi connectivity index (χ2v) is 5.48. The molecule has 0 N–H and O–H groups in total. The molecule has 0 fully saturated rings. The summed E-state index contributed by atoms with van der Waals surface area (Å²) in [5, 5.41) is 0. The Bertz CT molecular complexity index is 494. The zero-order chi connectivity index (χ0) is 16.4. The second-order valence-electron chi connectivity index (χ2n) is 5.48. The lowest BCUT2D eigenvalue weighted by Crippen LogP contribution is -2.35. The molecule has 0 heterocycles. The van der Waals surface area contributed by atoms with Crippen LogP contribution in [0.2, 0.25) is 0 Å². The molecule has 1 rings (SSSR count). The molecule has 0 radical (unpaired) electrons. The van der Waals surface area contributed by atoms with Gasteiger partial charge in [-0.05, 0) is 24.5 Å². The van der Waals surface area contributed by atoms with Gasteiger partial charge in [-0.1, -0.05) is 44.2 Å². The molecular weight excluding hydrogens is 278 g/mol. The molecule has 0 atom stereocenters. The largest absolute Gasteiger partial charge is 0.466 e. The predicted octanol–water partition coefficient (Wildman–Crippen LogP) is 3.14. The number of hydrogen-bond donors (Lipinski definition) is 0. The van der Waals surface area contributed by atoms with E-state index in [9.17, 15) is 9.59 Å². The molecule has 1 aromatic carbocycles. The first-order valence-electron chi connectivity index (χ1n) is 7.70. The number of rotatable bonds is 8. The van der Waals surface area contributed by atoms with Crippen molar-refractivity contribution in [2.24, 2.45) is 5.92 Å². The number of esters is 1. The van der Waals surface area contributed by atoms with Crippen LogP contribution in [0.15, 0.2) is 36.4 Å². The standard InChI is InChI=1S/C18H25NO3/c1-4-22-18(21)12-13-19(14-15(2)3)17(20)11-10-16-8-6-5-7-9-16/h5-11,15H,4,12-14H2,1-3H3/b11-10+. The Morgan fingerprint density at radius 3 is 2.50 bits per heavy atom. The molecule has 0 aromatic heterocycles. The van der Waals surface area contributed by atoms with E-state index < -0.39 is 0 Å². The molecule has 0 aliphatic rings. The van der Waals surface area contributed by atoms with E-state index in [2.05, 4.69) is 0 Å². The van der Waals surface area contributed by atoms with Crippen molar-refractivity contribution in [3.8, 4) is 0 Å². The first-order chi connectivity index (χ1) is 10.5. The van der Waals surface area contributed by atoms with Crippen molar-refractivity contribution in [2.45, 2.75) is 27.2 Å². The van der Waals surface area contributed by atoms with Gasteiger partial charge in [0.05, 0.1) is 13.0 Å². The maximum absolute atomic E-state index is 12.3. The van der Waals surface area contributed by atoms with E-state index in [1.807, 2.05) is 44.2 Å². The topological polar surface area (TPSA) is 46.6 Å². The minimum absolute atomic E-state index is 0.0816. The first-order valence-corrected chi connectivity index (χ1v) is 7.70. The molecule has 0 unspecified atom stereocenters. The van der Waals surface area contributed by atoms with Gasteiger partial charge >= 0.3 is 5.97 Å². The number of ether oxygens (including phenoxy) is 1. The molecule has 1 aromatic rings. The Morgan fingerprint density at radius 1 is 1.23 bits per heavy atom. The normalized spacial score (nSPS) is 10.9. The third kappa shape index (κ3) is 7.07. The van der Waals surface area contributed by atoms with Gasteiger partial charge in [-0.3, -0.25) is 9.59 Å². The number of hydrogen-bond acceptors (Lipinski definition) is 3. The minimum atomic E-state index is -0.268. The van der Waals surface area contributed by atoms with Gasteiger partial charge in [0, 0.05) is 19.2 Å². The van der Waals surface area contributed by atoms with Crippen LogP contribution in [0.3, 0.4) is 0 Å². The molecule has 0 aliphatic carbocycles. The van der Waals surface area contributed by atoms with Crippen molar-refractivity contribution < 1.29 is 14.3 Å². The van der Waals surface area contributed by atoms with Crippen molar-refractivity contribution in [3.05, 3.63) is 42.0 Å². The summed E-state index contributed by atoms with van der Waals surface area (Å²) in [5.74, 6) is -0.00535. The van der Waals surface area contributed by atoms with E-state index in [-0.39, 0.29) is 18.3 Å². The maximum Gasteiger partial charge on any atom is 0.307 e. The molecule has 0 aliphatic heterocycles. The van der Waals surface area contributed by atoms with E-state index in [4.69, 9.17) is 4.74 Å². The SMILES string of the molecule is CCOC(=O)CCN(CC(C)C)C(=O)/C=C/c1ccccc1. The lowest BCUT2D eigenvalue weighted by molar-refractivity contribution is -0.143. The van der Waals surface area contributed by atoms with Crippen LogP contribution in [-0.4, -0.2) is 36.5 Å². The van der Waals surface area contributed by atoms with Gasteiger partial charge in [0.1, 0.15) is 0 Å². The highest BCUT2D eigenvalue weighted by atomic mass is 16.5. The van der Waals surface area contributed by atoms with Crippen molar-refractivity contribution >= 4 is 18.0 Å². The summed E-state index contributed by atoms with van der Waals surface area (Å²) < 4.78 is 4.91. The van der Waals surface area contributed by atoms with Gasteiger partial charge in [0.25, 0.3) is 0 Å². The van der Waals surface area contributed by atoms with E-state index in [1.54, 1.807) is 24.0 Å². The molecule has 0 spiro atoms. The average molecular weight is 303 g/mol. The molecular formula is C18H25NO3. The van der Waals surface area contributed by atoms with Crippen LogP contribution >= 0.6 is 0 Å². The van der Waals surface area contributed by atoms with Crippen LogP contribution < -0.4 is 0 Å². The maximum atomic E-state index is 12.3. The van der Waals surface area contributed by atoms with Gasteiger partial charge in [0.15, 0.2) is 0 Å². The van der Waals surface area contributed by atoms with E-state index >= 15 is 0 Å². The minimum Gasteiger partial charge on any atom is -0.466 e. The first kappa shape index (κ1) is 18.0. The Labute approximate surface area is 132 Å². The van der Waals surface area contributed by atoms with Gasteiger partial charge in [-0.2, -0.15) is 0 Å². The Morgan fingerprint density at radius 2 is 1.91 bits per heavy atom. The molecule has 22 heavy (non-hydrogen) atoms. The lowest BCUT2D eigenvalue weighted by Gasteiger charge is -2.22. The Kier molecular flexibility index (Phi) is 7.97. The quantitative estimate of drug-likeness (QED) is 0.547. The summed E-state index contributed by atoms with van der Waals surface area (Å²) in [6.07, 6.45) is 3.58. The van der Waals surface area contributed by atoms with E-state index in [0.29, 0.717) is 25.6 Å². The monoisotopic (exact) mass is 303 g/mol. The summed E-state index contributed by atoms with van der Waals surface area (Å²) in [6.45, 7) is 7.24. The van der Waals surface area contributed by atoms with Crippen LogP contribution in [0, 0.1) is 5.92 Å². The fourth-order valence-corrected chi connectivity index (χ4v) is 2.03. The average Bonchev–Trinajstić information content (AvgIpc) is 2.50. The smallest absolute Gasteiger partial charge is 0.307 e. The van der Waals surface area contributed by atoms with Crippen molar-refractivity contribution in [3.63, 3.8) is 0 Å². The number of amides is 1. The van der Waals surface area contributed by atoms with Crippen molar-refractivity contribution in [1.82, 2.24) is 4.90 Å². The molecule has 120 valence electrons. The van der Waals surface area contributed by atoms with Crippen molar-refractivity contribution in [1.29, 1.82) is 0 Å². The lowest BCUT2D eigenvalue weighted by atomic mass is 10.2. The highest BCUT2D eigenvalue weighted by Crippen LogP contribution is 2.05. The zero-order valence-corrected chi connectivity index (χ0v) is 13.6. The summed E-state index contributed by atoms with van der Waals surface area (Å²) in [4.78, 5) is 25.5. The molecule has 1 amide bonds. The van der Waals surface area contributed by atoms with E-state index in [1.165, 1.54) is 0 Å². The summed E-state index contributed by atoms with van der Waals surface area (Å²) >= 11 is 0. The zero-order valence-electron chi connectivity index (χ0n) is 13.6. The number of nitrogens with zero attached hydrogens (tertiary/aromatic N) is 1. The predicted molar refractivity (Wildman–Crippen MR) is 88.1 cm³/mol. The van der Waals surface area contributed by atoms with Crippen LogP contribution in [0.4, 0.5) is 0 Å². The highest BCUT2D eigenvalue weighted by molar-refractivity contribution is 5.92. The third-order valence-electron chi connectivity index (χ3n) is 3.01. The number of carbonyl (C=O) groups is 2. The van der Waals surface area contributed by atoms with Gasteiger partial charge < -0.3 is 9.64 Å². The van der Waals surface area contributed by atoms with E-state index in [0.717, 1.165) is 5.56 Å². The summed E-state index contributed by atoms with van der Waals surface area (Å²) in [6, 6.07) is 9.67. The van der Waals surface area contributed by atoms with Crippen LogP contribution in [0.25, 0.3) is 6.08 Å². The summed E-state index contributed by atoms with van der Waals surface area (Å²) in [5.41, 5.74) is 0.978. The fourth-order valence-electron chi connectivity index (χ4n) is 2.03. The fraction of sp³-hybridized carbons (Fsp3) is 0.444. The van der Waals surface area contributed by atoms with Gasteiger partial charge in [0.2, 0.25) is 5.91 Å². The molecule has 0 bridgehead atoms. The van der Waals surface area contributed by atoms with Crippen LogP contribution in [0.1, 0.15) is 32.8 Å². The molecule has 4 heteroatoms. The molecule has 4 nitrogen and oxygen atoms in total.